The number of benzene rings is 3. The number of amides is 2. The Kier molecular flexibility index (Phi) is 11.1. The molecule has 2 heterocycles. The zero-order valence-corrected chi connectivity index (χ0v) is 24.8. The molecule has 1 aliphatic heterocycles. The molecule has 4 aromatic rings. The molecule has 3 atom stereocenters. The SMILES string of the molecule is O=C(CCCC(=O)NCc1cccc(-c2ccc([C@@H]3O[C@H](CSc4ncn[nH]4)C[C@H](c4ccc(CO)cc4)O3)cc2)c1)NO. The molecule has 0 saturated carbocycles. The van der Waals surface area contributed by atoms with Crippen LogP contribution in [0.2, 0.25) is 0 Å². The number of thioether (sulfide) groups is 1. The Morgan fingerprint density at radius 1 is 0.932 bits per heavy atom. The van der Waals surface area contributed by atoms with Crippen molar-refractivity contribution < 1.29 is 29.4 Å². The Hall–Kier alpha value is -4.07. The topological polar surface area (TPSA) is 159 Å². The molecule has 0 radical (unpaired) electrons. The largest absolute Gasteiger partial charge is 0.392 e. The number of aliphatic hydroxyl groups excluding tert-OH is 1. The van der Waals surface area contributed by atoms with Crippen LogP contribution in [0.1, 0.15) is 60.3 Å². The fraction of sp³-hybridized carbons (Fsp3) is 0.312. The molecule has 5 N–H and O–H groups in total. The first-order valence-corrected chi connectivity index (χ1v) is 15.4. The fourth-order valence-corrected chi connectivity index (χ4v) is 5.70. The van der Waals surface area contributed by atoms with Crippen LogP contribution < -0.4 is 10.8 Å². The van der Waals surface area contributed by atoms with Gasteiger partial charge in [-0.25, -0.2) is 10.5 Å². The number of carbonyl (C=O) groups excluding carboxylic acids is 2. The zero-order valence-electron chi connectivity index (χ0n) is 24.0. The van der Waals surface area contributed by atoms with Gasteiger partial charge in [-0.15, -0.1) is 0 Å². The summed E-state index contributed by atoms with van der Waals surface area (Å²) in [6, 6.07) is 23.8. The number of hydrogen-bond donors (Lipinski definition) is 5. The summed E-state index contributed by atoms with van der Waals surface area (Å²) >= 11 is 1.55. The van der Waals surface area contributed by atoms with Crippen LogP contribution in [0.3, 0.4) is 0 Å². The van der Waals surface area contributed by atoms with Gasteiger partial charge in [0.1, 0.15) is 6.33 Å². The van der Waals surface area contributed by atoms with Crippen molar-refractivity contribution in [3.05, 3.63) is 101 Å². The van der Waals surface area contributed by atoms with Crippen molar-refractivity contribution in [2.45, 2.75) is 62.5 Å². The molecule has 1 fully saturated rings. The van der Waals surface area contributed by atoms with Crippen LogP contribution in [0, 0.1) is 0 Å². The molecule has 0 aliphatic carbocycles. The molecule has 44 heavy (non-hydrogen) atoms. The highest BCUT2D eigenvalue weighted by atomic mass is 32.2. The second-order valence-electron chi connectivity index (χ2n) is 10.4. The lowest BCUT2D eigenvalue weighted by molar-refractivity contribution is -0.245. The summed E-state index contributed by atoms with van der Waals surface area (Å²) in [5.74, 6) is 0.0194. The van der Waals surface area contributed by atoms with Crippen molar-refractivity contribution in [3.63, 3.8) is 0 Å². The number of aromatic amines is 1. The van der Waals surface area contributed by atoms with E-state index in [9.17, 15) is 14.7 Å². The maximum absolute atomic E-state index is 12.1. The monoisotopic (exact) mass is 617 g/mol. The molecule has 3 aromatic carbocycles. The molecule has 0 unspecified atom stereocenters. The number of aliphatic hydroxyl groups is 1. The maximum Gasteiger partial charge on any atom is 0.243 e. The molecule has 2 amide bonds. The van der Waals surface area contributed by atoms with E-state index >= 15 is 0 Å². The normalized spacial score (nSPS) is 18.1. The van der Waals surface area contributed by atoms with Crippen molar-refractivity contribution in [2.75, 3.05) is 5.75 Å². The molecular weight excluding hydrogens is 582 g/mol. The van der Waals surface area contributed by atoms with Gasteiger partial charge >= 0.3 is 0 Å². The number of hydrogen-bond acceptors (Lipinski definition) is 9. The summed E-state index contributed by atoms with van der Waals surface area (Å²) in [4.78, 5) is 27.5. The summed E-state index contributed by atoms with van der Waals surface area (Å²) in [6.07, 6.45) is 1.98. The zero-order chi connectivity index (χ0) is 30.7. The van der Waals surface area contributed by atoms with Gasteiger partial charge in [0.05, 0.1) is 18.8 Å². The van der Waals surface area contributed by atoms with Crippen LogP contribution in [0.4, 0.5) is 0 Å². The molecule has 0 bridgehead atoms. The quantitative estimate of drug-likeness (QED) is 0.0822. The highest BCUT2D eigenvalue weighted by molar-refractivity contribution is 7.99. The third kappa shape index (κ3) is 8.74. The van der Waals surface area contributed by atoms with Crippen LogP contribution in [-0.4, -0.2) is 49.2 Å². The van der Waals surface area contributed by atoms with E-state index in [1.54, 1.807) is 17.2 Å². The van der Waals surface area contributed by atoms with Crippen molar-refractivity contribution >= 4 is 23.6 Å². The van der Waals surface area contributed by atoms with Crippen molar-refractivity contribution in [1.82, 2.24) is 26.0 Å². The van der Waals surface area contributed by atoms with E-state index in [1.165, 1.54) is 6.33 Å². The molecule has 5 rings (SSSR count). The lowest BCUT2D eigenvalue weighted by Gasteiger charge is -2.36. The van der Waals surface area contributed by atoms with E-state index in [0.717, 1.165) is 38.5 Å². The Balaban J connectivity index is 1.24. The number of ether oxygens (including phenoxy) is 2. The predicted octanol–water partition coefficient (Wildman–Crippen LogP) is 4.59. The average molecular weight is 618 g/mol. The van der Waals surface area contributed by atoms with Gasteiger partial charge in [0, 0.05) is 37.1 Å². The van der Waals surface area contributed by atoms with Gasteiger partial charge in [0.25, 0.3) is 0 Å². The number of H-pyrrole nitrogens is 1. The minimum absolute atomic E-state index is 0.00866. The highest BCUT2D eigenvalue weighted by Gasteiger charge is 2.32. The number of nitrogens with zero attached hydrogens (tertiary/aromatic N) is 2. The molecule has 1 saturated heterocycles. The summed E-state index contributed by atoms with van der Waals surface area (Å²) in [5.41, 5.74) is 7.32. The molecule has 11 nitrogen and oxygen atoms in total. The first kappa shape index (κ1) is 31.4. The van der Waals surface area contributed by atoms with Gasteiger partial charge in [0.15, 0.2) is 11.4 Å². The summed E-state index contributed by atoms with van der Waals surface area (Å²) < 4.78 is 12.9. The summed E-state index contributed by atoms with van der Waals surface area (Å²) in [7, 11) is 0. The van der Waals surface area contributed by atoms with Crippen molar-refractivity contribution in [2.24, 2.45) is 0 Å². The minimum atomic E-state index is -0.564. The minimum Gasteiger partial charge on any atom is -0.392 e. The predicted molar refractivity (Wildman–Crippen MR) is 163 cm³/mol. The number of rotatable bonds is 13. The number of aromatic nitrogens is 3. The Bertz CT molecular complexity index is 1500. The molecule has 1 aliphatic rings. The number of nitrogens with one attached hydrogen (secondary N) is 3. The fourth-order valence-electron chi connectivity index (χ4n) is 4.91. The Labute approximate surface area is 259 Å². The van der Waals surface area contributed by atoms with E-state index in [2.05, 4.69) is 20.5 Å². The van der Waals surface area contributed by atoms with Gasteiger partial charge in [-0.1, -0.05) is 78.5 Å². The van der Waals surface area contributed by atoms with Crippen LogP contribution in [0.15, 0.2) is 84.3 Å². The lowest BCUT2D eigenvalue weighted by Crippen LogP contribution is -2.31. The third-order valence-corrected chi connectivity index (χ3v) is 8.29. The standard InChI is InChI=1S/C32H35N5O6S/c38-18-21-7-9-24(10-8-21)28-16-27(19-44-32-34-20-35-36-32)42-31(43-28)25-13-11-23(12-14-25)26-4-1-3-22(15-26)17-33-29(39)5-2-6-30(40)37-41/h1,3-4,7-15,20,27-28,31,38,41H,2,5-6,16-19H2,(H,33,39)(H,37,40)(H,34,35,36)/t27-,28+,31+/m0/s1. The van der Waals surface area contributed by atoms with Crippen LogP contribution in [0.5, 0.6) is 0 Å². The molecule has 0 spiro atoms. The van der Waals surface area contributed by atoms with Gasteiger partial charge in [0.2, 0.25) is 11.8 Å². The van der Waals surface area contributed by atoms with Crippen molar-refractivity contribution in [3.8, 4) is 11.1 Å². The summed E-state index contributed by atoms with van der Waals surface area (Å²) in [5, 5.41) is 28.4. The Morgan fingerprint density at radius 3 is 2.43 bits per heavy atom. The summed E-state index contributed by atoms with van der Waals surface area (Å²) in [6.45, 7) is 0.361. The first-order chi connectivity index (χ1) is 21.5. The number of hydroxylamine groups is 1. The van der Waals surface area contributed by atoms with Crippen molar-refractivity contribution in [1.29, 1.82) is 0 Å². The lowest BCUT2D eigenvalue weighted by atomic mass is 9.99. The maximum atomic E-state index is 12.1. The molecule has 230 valence electrons. The average Bonchev–Trinajstić information content (AvgIpc) is 3.60. The van der Waals surface area contributed by atoms with Crippen LogP contribution >= 0.6 is 11.8 Å². The second kappa shape index (κ2) is 15.6. The van der Waals surface area contributed by atoms with E-state index in [1.807, 2.05) is 72.8 Å². The first-order valence-electron chi connectivity index (χ1n) is 14.4. The van der Waals surface area contributed by atoms with E-state index in [4.69, 9.17) is 14.7 Å². The van der Waals surface area contributed by atoms with E-state index in [0.29, 0.717) is 25.1 Å². The van der Waals surface area contributed by atoms with Gasteiger partial charge < -0.3 is 19.9 Å². The van der Waals surface area contributed by atoms with Crippen LogP contribution in [-0.2, 0) is 32.2 Å². The smallest absolute Gasteiger partial charge is 0.243 e. The van der Waals surface area contributed by atoms with Gasteiger partial charge in [-0.05, 0) is 40.3 Å². The van der Waals surface area contributed by atoms with E-state index in [-0.39, 0.29) is 37.6 Å². The number of carbonyl (C=O) groups is 2. The van der Waals surface area contributed by atoms with Crippen LogP contribution in [0.25, 0.3) is 11.1 Å². The second-order valence-corrected chi connectivity index (χ2v) is 11.4. The van der Waals surface area contributed by atoms with Gasteiger partial charge in [-0.3, -0.25) is 19.9 Å². The van der Waals surface area contributed by atoms with Gasteiger partial charge in [-0.2, -0.15) is 5.10 Å². The third-order valence-electron chi connectivity index (χ3n) is 7.28. The highest BCUT2D eigenvalue weighted by Crippen LogP contribution is 2.39. The molecule has 12 heteroatoms. The molecular formula is C32H35N5O6S. The Morgan fingerprint density at radius 2 is 1.70 bits per heavy atom. The van der Waals surface area contributed by atoms with E-state index < -0.39 is 12.2 Å². The molecule has 1 aromatic heterocycles.